The Labute approximate surface area is 138 Å². The Morgan fingerprint density at radius 1 is 1.09 bits per heavy atom. The fraction of sp³-hybridized carbons (Fsp3) is 0.625. The second-order valence-electron chi connectivity index (χ2n) is 6.47. The van der Waals surface area contributed by atoms with Crippen molar-refractivity contribution in [1.82, 2.24) is 4.90 Å². The molecule has 0 unspecified atom stereocenters. The molecular formula is C16H23NO4S2. The van der Waals surface area contributed by atoms with Crippen LogP contribution in [-0.2, 0) is 26.1 Å². The summed E-state index contributed by atoms with van der Waals surface area (Å²) in [5, 5.41) is -0.849. The van der Waals surface area contributed by atoms with E-state index in [1.807, 2.05) is 11.8 Å². The van der Waals surface area contributed by atoms with Gasteiger partial charge >= 0.3 is 0 Å². The van der Waals surface area contributed by atoms with Crippen molar-refractivity contribution in [3.8, 4) is 0 Å². The zero-order chi connectivity index (χ0) is 16.7. The lowest BCUT2D eigenvalue weighted by Crippen LogP contribution is -2.45. The highest BCUT2D eigenvalue weighted by Gasteiger charge is 2.48. The molecule has 0 radical (unpaired) electrons. The molecule has 1 aromatic carbocycles. The maximum Gasteiger partial charge on any atom is 0.183 e. The van der Waals surface area contributed by atoms with Crippen molar-refractivity contribution in [2.75, 3.05) is 24.6 Å². The van der Waals surface area contributed by atoms with Crippen molar-refractivity contribution in [1.29, 1.82) is 0 Å². The lowest BCUT2D eigenvalue weighted by molar-refractivity contribution is 0.264. The van der Waals surface area contributed by atoms with Crippen molar-refractivity contribution < 1.29 is 16.8 Å². The fourth-order valence-corrected chi connectivity index (χ4v) is 8.43. The molecular weight excluding hydrogens is 334 g/mol. The molecule has 2 heterocycles. The Hall–Kier alpha value is -0.920. The zero-order valence-electron chi connectivity index (χ0n) is 13.3. The molecule has 0 bridgehead atoms. The van der Waals surface area contributed by atoms with Gasteiger partial charge in [-0.1, -0.05) is 19.1 Å². The number of rotatable bonds is 4. The summed E-state index contributed by atoms with van der Waals surface area (Å²) in [4.78, 5) is 2.29. The number of sulfone groups is 2. The number of hydrogen-bond acceptors (Lipinski definition) is 5. The first-order valence-electron chi connectivity index (χ1n) is 8.11. The molecule has 1 aromatic rings. The topological polar surface area (TPSA) is 71.5 Å². The summed E-state index contributed by atoms with van der Waals surface area (Å²) >= 11 is 0. The average molecular weight is 357 g/mol. The van der Waals surface area contributed by atoms with Crippen LogP contribution in [0.1, 0.15) is 25.3 Å². The number of aryl methyl sites for hydroxylation is 1. The molecule has 128 valence electrons. The molecule has 0 saturated carbocycles. The highest BCUT2D eigenvalue weighted by molar-refractivity contribution is 7.96. The third-order valence-corrected chi connectivity index (χ3v) is 9.07. The van der Waals surface area contributed by atoms with Crippen LogP contribution in [0.15, 0.2) is 29.2 Å². The van der Waals surface area contributed by atoms with Gasteiger partial charge in [-0.05, 0) is 50.0 Å². The van der Waals surface area contributed by atoms with E-state index in [0.29, 0.717) is 0 Å². The van der Waals surface area contributed by atoms with E-state index < -0.39 is 31.0 Å². The van der Waals surface area contributed by atoms with Gasteiger partial charge < -0.3 is 0 Å². The van der Waals surface area contributed by atoms with Crippen LogP contribution in [0.2, 0.25) is 0 Å². The molecule has 3 rings (SSSR count). The van der Waals surface area contributed by atoms with Gasteiger partial charge in [-0.3, -0.25) is 4.90 Å². The molecule has 2 saturated heterocycles. The van der Waals surface area contributed by atoms with E-state index in [-0.39, 0.29) is 16.4 Å². The third kappa shape index (κ3) is 3.32. The molecule has 7 heteroatoms. The van der Waals surface area contributed by atoms with E-state index in [0.717, 1.165) is 37.9 Å². The van der Waals surface area contributed by atoms with E-state index in [9.17, 15) is 16.8 Å². The lowest BCUT2D eigenvalue weighted by atomic mass is 10.2. The van der Waals surface area contributed by atoms with Crippen molar-refractivity contribution in [3.63, 3.8) is 0 Å². The Balaban J connectivity index is 1.95. The van der Waals surface area contributed by atoms with Gasteiger partial charge in [0.1, 0.15) is 0 Å². The first-order chi connectivity index (χ1) is 10.8. The maximum atomic E-state index is 13.0. The molecule has 5 nitrogen and oxygen atoms in total. The minimum atomic E-state index is -3.64. The van der Waals surface area contributed by atoms with E-state index in [1.165, 1.54) is 0 Å². The number of nitrogens with zero attached hydrogens (tertiary/aromatic N) is 1. The van der Waals surface area contributed by atoms with E-state index in [2.05, 4.69) is 0 Å². The van der Waals surface area contributed by atoms with Crippen LogP contribution in [-0.4, -0.2) is 57.6 Å². The Morgan fingerprint density at radius 2 is 1.70 bits per heavy atom. The van der Waals surface area contributed by atoms with Gasteiger partial charge in [-0.15, -0.1) is 0 Å². The minimum Gasteiger partial charge on any atom is -0.298 e. The third-order valence-electron chi connectivity index (χ3n) is 4.94. The smallest absolute Gasteiger partial charge is 0.183 e. The van der Waals surface area contributed by atoms with Crippen LogP contribution >= 0.6 is 0 Å². The fourth-order valence-electron chi connectivity index (χ4n) is 3.60. The molecule has 23 heavy (non-hydrogen) atoms. The molecule has 2 fully saturated rings. The molecule has 0 N–H and O–H groups in total. The van der Waals surface area contributed by atoms with Crippen molar-refractivity contribution >= 4 is 19.7 Å². The lowest BCUT2D eigenvalue weighted by Gasteiger charge is -2.27. The molecule has 2 atom stereocenters. The normalized spacial score (nSPS) is 28.2. The highest BCUT2D eigenvalue weighted by Crippen LogP contribution is 2.30. The average Bonchev–Trinajstić information content (AvgIpc) is 3.14. The molecule has 0 spiro atoms. The minimum absolute atomic E-state index is 0.0378. The summed E-state index contributed by atoms with van der Waals surface area (Å²) in [6.07, 6.45) is 2.86. The van der Waals surface area contributed by atoms with Crippen molar-refractivity contribution in [2.45, 2.75) is 42.4 Å². The van der Waals surface area contributed by atoms with Crippen LogP contribution in [0.3, 0.4) is 0 Å². The van der Waals surface area contributed by atoms with Gasteiger partial charge in [0.05, 0.1) is 21.7 Å². The SMILES string of the molecule is CCc1ccc(S(=O)(=O)[C@H]2CS(=O)(=O)C[C@H]2N2CCCC2)cc1. The van der Waals surface area contributed by atoms with E-state index in [4.69, 9.17) is 0 Å². The summed E-state index contributed by atoms with van der Waals surface area (Å²) in [7, 11) is -6.95. The predicted molar refractivity (Wildman–Crippen MR) is 90.0 cm³/mol. The number of benzene rings is 1. The second-order valence-corrected chi connectivity index (χ2v) is 10.8. The molecule has 0 amide bonds. The highest BCUT2D eigenvalue weighted by atomic mass is 32.2. The van der Waals surface area contributed by atoms with Crippen LogP contribution in [0.4, 0.5) is 0 Å². The summed E-state index contributed by atoms with van der Waals surface area (Å²) < 4.78 is 50.2. The monoisotopic (exact) mass is 357 g/mol. The van der Waals surface area contributed by atoms with Crippen LogP contribution in [0.5, 0.6) is 0 Å². The Kier molecular flexibility index (Phi) is 4.55. The molecule has 2 aliphatic rings. The molecule has 0 aliphatic carbocycles. The summed E-state index contributed by atoms with van der Waals surface area (Å²) in [5.41, 5.74) is 1.07. The summed E-state index contributed by atoms with van der Waals surface area (Å²) in [6.45, 7) is 3.60. The van der Waals surface area contributed by atoms with Gasteiger partial charge in [0.2, 0.25) is 0 Å². The molecule has 2 aliphatic heterocycles. The quantitative estimate of drug-likeness (QED) is 0.812. The largest absolute Gasteiger partial charge is 0.298 e. The van der Waals surface area contributed by atoms with Crippen LogP contribution in [0.25, 0.3) is 0 Å². The van der Waals surface area contributed by atoms with Gasteiger partial charge in [-0.2, -0.15) is 0 Å². The summed E-state index contributed by atoms with van der Waals surface area (Å²) in [5.74, 6) is -0.296. The first kappa shape index (κ1) is 16.9. The van der Waals surface area contributed by atoms with Crippen LogP contribution < -0.4 is 0 Å². The van der Waals surface area contributed by atoms with Gasteiger partial charge in [0.25, 0.3) is 0 Å². The summed E-state index contributed by atoms with van der Waals surface area (Å²) in [6, 6.07) is 6.43. The number of hydrogen-bond donors (Lipinski definition) is 0. The predicted octanol–water partition coefficient (Wildman–Crippen LogP) is 1.28. The van der Waals surface area contributed by atoms with Crippen molar-refractivity contribution in [3.05, 3.63) is 29.8 Å². The molecule has 0 aromatic heterocycles. The van der Waals surface area contributed by atoms with Gasteiger partial charge in [0, 0.05) is 6.04 Å². The maximum absolute atomic E-state index is 13.0. The van der Waals surface area contributed by atoms with E-state index >= 15 is 0 Å². The van der Waals surface area contributed by atoms with Gasteiger partial charge in [0.15, 0.2) is 19.7 Å². The van der Waals surface area contributed by atoms with E-state index in [1.54, 1.807) is 24.3 Å². The first-order valence-corrected chi connectivity index (χ1v) is 11.5. The number of likely N-dealkylation sites (tertiary alicyclic amines) is 1. The zero-order valence-corrected chi connectivity index (χ0v) is 14.9. The van der Waals surface area contributed by atoms with Gasteiger partial charge in [-0.25, -0.2) is 16.8 Å². The second kappa shape index (κ2) is 6.18. The van der Waals surface area contributed by atoms with Crippen molar-refractivity contribution in [2.24, 2.45) is 0 Å². The Morgan fingerprint density at radius 3 is 2.26 bits per heavy atom. The van der Waals surface area contributed by atoms with Crippen LogP contribution in [0, 0.1) is 0 Å². The Bertz CT molecular complexity index is 763. The standard InChI is InChI=1S/C16H23NO4S2/c1-2-13-5-7-14(8-6-13)23(20,21)16-12-22(18,19)11-15(16)17-9-3-4-10-17/h5-8,15-16H,2-4,9-12H2,1H3/t15-,16+/m1/s1.